The van der Waals surface area contributed by atoms with Crippen LogP contribution in [-0.2, 0) is 11.2 Å². The van der Waals surface area contributed by atoms with Crippen molar-refractivity contribution >= 4 is 17.2 Å². The lowest BCUT2D eigenvalue weighted by Crippen LogP contribution is -2.26. The van der Waals surface area contributed by atoms with E-state index in [2.05, 4.69) is 48.6 Å². The zero-order chi connectivity index (χ0) is 14.7. The fourth-order valence-electron chi connectivity index (χ4n) is 2.42. The first-order valence-electron chi connectivity index (χ1n) is 7.35. The van der Waals surface area contributed by atoms with Gasteiger partial charge in [-0.3, -0.25) is 0 Å². The molecule has 1 aliphatic rings. The molecular formula is C18H19NOS. The molecule has 2 unspecified atom stereocenters. The highest BCUT2D eigenvalue weighted by atomic mass is 32.1. The summed E-state index contributed by atoms with van der Waals surface area (Å²) in [5.41, 5.74) is 3.64. The standard InChI is InChI=1S/C18H19NOS/c1-2-13-8-10-15(11-9-13)18(21)19-12-16-17(20-16)14-6-4-3-5-7-14/h3-11,16-17H,2,12H2,1H3,(H,19,21). The molecular weight excluding hydrogens is 278 g/mol. The Bertz CT molecular complexity index is 609. The summed E-state index contributed by atoms with van der Waals surface area (Å²) in [7, 11) is 0. The molecule has 0 saturated carbocycles. The van der Waals surface area contributed by atoms with Crippen molar-refractivity contribution in [1.82, 2.24) is 5.32 Å². The van der Waals surface area contributed by atoms with Crippen LogP contribution in [0.5, 0.6) is 0 Å². The number of aryl methyl sites for hydroxylation is 1. The van der Waals surface area contributed by atoms with E-state index in [1.807, 2.05) is 18.2 Å². The van der Waals surface area contributed by atoms with Crippen LogP contribution in [0.1, 0.15) is 29.7 Å². The summed E-state index contributed by atoms with van der Waals surface area (Å²) in [5, 5.41) is 3.30. The van der Waals surface area contributed by atoms with Crippen molar-refractivity contribution in [2.24, 2.45) is 0 Å². The van der Waals surface area contributed by atoms with Gasteiger partial charge in [-0.05, 0) is 17.5 Å². The molecule has 1 saturated heterocycles. The maximum absolute atomic E-state index is 5.70. The Labute approximate surface area is 131 Å². The molecule has 2 nitrogen and oxygen atoms in total. The van der Waals surface area contributed by atoms with Gasteiger partial charge in [-0.25, -0.2) is 0 Å². The predicted octanol–water partition coefficient (Wildman–Crippen LogP) is 3.65. The second-order valence-electron chi connectivity index (χ2n) is 5.27. The molecule has 0 bridgehead atoms. The molecule has 0 aliphatic carbocycles. The van der Waals surface area contributed by atoms with Gasteiger partial charge in [0, 0.05) is 12.1 Å². The van der Waals surface area contributed by atoms with E-state index < -0.39 is 0 Å². The SMILES string of the molecule is CCc1ccc(C(=S)NCC2OC2c2ccccc2)cc1. The van der Waals surface area contributed by atoms with Crippen LogP contribution in [-0.4, -0.2) is 17.6 Å². The Balaban J connectivity index is 1.51. The monoisotopic (exact) mass is 297 g/mol. The molecule has 21 heavy (non-hydrogen) atoms. The molecule has 0 spiro atoms. The van der Waals surface area contributed by atoms with E-state index in [0.717, 1.165) is 23.5 Å². The van der Waals surface area contributed by atoms with Crippen molar-refractivity contribution in [1.29, 1.82) is 0 Å². The van der Waals surface area contributed by atoms with Gasteiger partial charge >= 0.3 is 0 Å². The average molecular weight is 297 g/mol. The highest BCUT2D eigenvalue weighted by molar-refractivity contribution is 7.80. The molecule has 1 N–H and O–H groups in total. The molecule has 1 heterocycles. The lowest BCUT2D eigenvalue weighted by molar-refractivity contribution is 0.373. The Kier molecular flexibility index (Phi) is 4.32. The maximum atomic E-state index is 5.70. The molecule has 1 fully saturated rings. The lowest BCUT2D eigenvalue weighted by Gasteiger charge is -2.07. The zero-order valence-electron chi connectivity index (χ0n) is 12.1. The molecule has 0 radical (unpaired) electrons. The minimum absolute atomic E-state index is 0.212. The van der Waals surface area contributed by atoms with Crippen LogP contribution >= 0.6 is 12.2 Å². The van der Waals surface area contributed by atoms with Crippen molar-refractivity contribution < 1.29 is 4.74 Å². The number of hydrogen-bond donors (Lipinski definition) is 1. The van der Waals surface area contributed by atoms with Crippen LogP contribution in [0.15, 0.2) is 54.6 Å². The van der Waals surface area contributed by atoms with Gasteiger partial charge in [0.25, 0.3) is 0 Å². The number of rotatable bonds is 5. The normalized spacial score (nSPS) is 20.0. The van der Waals surface area contributed by atoms with Crippen LogP contribution in [0, 0.1) is 0 Å². The third-order valence-corrected chi connectivity index (χ3v) is 4.18. The number of thiocarbonyl (C=S) groups is 1. The second kappa shape index (κ2) is 6.37. The third-order valence-electron chi connectivity index (χ3n) is 3.80. The number of ether oxygens (including phenoxy) is 1. The molecule has 2 atom stereocenters. The van der Waals surface area contributed by atoms with Gasteiger partial charge in [-0.2, -0.15) is 0 Å². The highest BCUT2D eigenvalue weighted by Crippen LogP contribution is 2.37. The largest absolute Gasteiger partial charge is 0.373 e. The second-order valence-corrected chi connectivity index (χ2v) is 5.67. The third kappa shape index (κ3) is 3.49. The van der Waals surface area contributed by atoms with E-state index in [4.69, 9.17) is 17.0 Å². The maximum Gasteiger partial charge on any atom is 0.111 e. The van der Waals surface area contributed by atoms with Gasteiger partial charge in [0.2, 0.25) is 0 Å². The van der Waals surface area contributed by atoms with Gasteiger partial charge in [0.1, 0.15) is 17.2 Å². The Hall–Kier alpha value is -1.71. The molecule has 0 amide bonds. The van der Waals surface area contributed by atoms with Crippen molar-refractivity contribution in [2.45, 2.75) is 25.6 Å². The Morgan fingerprint density at radius 1 is 1.10 bits per heavy atom. The van der Waals surface area contributed by atoms with E-state index in [0.29, 0.717) is 0 Å². The van der Waals surface area contributed by atoms with Crippen molar-refractivity contribution in [2.75, 3.05) is 6.54 Å². The van der Waals surface area contributed by atoms with Gasteiger partial charge in [-0.1, -0.05) is 73.7 Å². The van der Waals surface area contributed by atoms with E-state index in [1.54, 1.807) is 0 Å². The van der Waals surface area contributed by atoms with Crippen LogP contribution < -0.4 is 5.32 Å². The highest BCUT2D eigenvalue weighted by Gasteiger charge is 2.39. The predicted molar refractivity (Wildman–Crippen MR) is 89.6 cm³/mol. The number of hydrogen-bond acceptors (Lipinski definition) is 2. The quantitative estimate of drug-likeness (QED) is 0.673. The van der Waals surface area contributed by atoms with Crippen molar-refractivity contribution in [3.63, 3.8) is 0 Å². The zero-order valence-corrected chi connectivity index (χ0v) is 12.9. The van der Waals surface area contributed by atoms with Gasteiger partial charge < -0.3 is 10.1 Å². The lowest BCUT2D eigenvalue weighted by atomic mass is 10.1. The fourth-order valence-corrected chi connectivity index (χ4v) is 2.64. The Morgan fingerprint density at radius 2 is 1.81 bits per heavy atom. The molecule has 1 aliphatic heterocycles. The van der Waals surface area contributed by atoms with Crippen LogP contribution in [0.25, 0.3) is 0 Å². The van der Waals surface area contributed by atoms with Gasteiger partial charge in [0.15, 0.2) is 0 Å². The van der Waals surface area contributed by atoms with Crippen molar-refractivity contribution in [3.8, 4) is 0 Å². The van der Waals surface area contributed by atoms with Crippen LogP contribution in [0.4, 0.5) is 0 Å². The summed E-state index contributed by atoms with van der Waals surface area (Å²) in [5.74, 6) is 0. The smallest absolute Gasteiger partial charge is 0.111 e. The van der Waals surface area contributed by atoms with Crippen LogP contribution in [0.3, 0.4) is 0 Å². The molecule has 3 heteroatoms. The molecule has 0 aromatic heterocycles. The first-order chi connectivity index (χ1) is 10.3. The Morgan fingerprint density at radius 3 is 2.48 bits per heavy atom. The molecule has 3 rings (SSSR count). The minimum Gasteiger partial charge on any atom is -0.373 e. The number of benzene rings is 2. The van der Waals surface area contributed by atoms with Gasteiger partial charge in [-0.15, -0.1) is 0 Å². The van der Waals surface area contributed by atoms with Crippen LogP contribution in [0.2, 0.25) is 0 Å². The van der Waals surface area contributed by atoms with Crippen molar-refractivity contribution in [3.05, 3.63) is 71.3 Å². The molecule has 108 valence electrons. The van der Waals surface area contributed by atoms with E-state index in [1.165, 1.54) is 11.1 Å². The first-order valence-corrected chi connectivity index (χ1v) is 7.76. The summed E-state index contributed by atoms with van der Waals surface area (Å²) in [6, 6.07) is 18.7. The first kappa shape index (κ1) is 14.2. The summed E-state index contributed by atoms with van der Waals surface area (Å²) >= 11 is 5.43. The number of epoxide rings is 1. The fraction of sp³-hybridized carbons (Fsp3) is 0.278. The van der Waals surface area contributed by atoms with Gasteiger partial charge in [0.05, 0.1) is 0 Å². The molecule has 2 aromatic carbocycles. The van der Waals surface area contributed by atoms with E-state index in [-0.39, 0.29) is 12.2 Å². The topological polar surface area (TPSA) is 24.6 Å². The number of nitrogens with one attached hydrogen (secondary N) is 1. The summed E-state index contributed by atoms with van der Waals surface area (Å²) in [4.78, 5) is 0.792. The summed E-state index contributed by atoms with van der Waals surface area (Å²) < 4.78 is 5.70. The van der Waals surface area contributed by atoms with E-state index >= 15 is 0 Å². The minimum atomic E-state index is 0.212. The summed E-state index contributed by atoms with van der Waals surface area (Å²) in [6.07, 6.45) is 1.49. The molecule has 2 aromatic rings. The van der Waals surface area contributed by atoms with E-state index in [9.17, 15) is 0 Å². The summed E-state index contributed by atoms with van der Waals surface area (Å²) in [6.45, 7) is 2.91. The average Bonchev–Trinajstić information content (AvgIpc) is 3.33.